The molecule has 0 fully saturated rings. The summed E-state index contributed by atoms with van der Waals surface area (Å²) < 4.78 is 7.20. The molecule has 5 nitrogen and oxygen atoms in total. The summed E-state index contributed by atoms with van der Waals surface area (Å²) in [5.74, 6) is 0.677. The van der Waals surface area contributed by atoms with Crippen molar-refractivity contribution in [3.05, 3.63) is 94.3 Å². The van der Waals surface area contributed by atoms with Crippen molar-refractivity contribution in [2.24, 2.45) is 0 Å². The molecule has 4 rings (SSSR count). The Morgan fingerprint density at radius 3 is 2.67 bits per heavy atom. The van der Waals surface area contributed by atoms with E-state index in [9.17, 15) is 4.79 Å². The van der Waals surface area contributed by atoms with E-state index in [1.165, 1.54) is 0 Å². The number of carbonyl (C=O) groups excluding carboxylic acids is 1. The first-order valence-corrected chi connectivity index (χ1v) is 10.6. The van der Waals surface area contributed by atoms with Crippen molar-refractivity contribution in [1.82, 2.24) is 14.7 Å². The zero-order valence-electron chi connectivity index (χ0n) is 17.0. The lowest BCUT2D eigenvalue weighted by Gasteiger charge is -2.16. The van der Waals surface area contributed by atoms with E-state index in [1.54, 1.807) is 23.3 Å². The molecule has 0 bridgehead atoms. The van der Waals surface area contributed by atoms with Gasteiger partial charge in [0.1, 0.15) is 11.4 Å². The quantitative estimate of drug-likeness (QED) is 0.428. The number of methoxy groups -OCH3 is 1. The first-order valence-electron chi connectivity index (χ1n) is 9.67. The van der Waals surface area contributed by atoms with E-state index in [0.29, 0.717) is 24.3 Å². The average molecular weight is 418 g/mol. The number of aromatic nitrogens is 2. The van der Waals surface area contributed by atoms with Gasteiger partial charge in [-0.05, 0) is 29.1 Å². The molecule has 2 aromatic heterocycles. The molecule has 6 heteroatoms. The Labute approximate surface area is 180 Å². The number of hydrogen-bond acceptors (Lipinski definition) is 4. The third-order valence-corrected chi connectivity index (χ3v) is 5.70. The van der Waals surface area contributed by atoms with Crippen LogP contribution in [0.25, 0.3) is 11.3 Å². The summed E-state index contributed by atoms with van der Waals surface area (Å²) in [5.41, 5.74) is 3.23. The largest absolute Gasteiger partial charge is 0.497 e. The molecule has 0 atom stereocenters. The van der Waals surface area contributed by atoms with Crippen molar-refractivity contribution < 1.29 is 9.53 Å². The molecular formula is C24H23N3O2S. The molecule has 0 spiro atoms. The Kier molecular flexibility index (Phi) is 5.95. The Bertz CT molecular complexity index is 1120. The first-order chi connectivity index (χ1) is 14.6. The summed E-state index contributed by atoms with van der Waals surface area (Å²) in [6, 6.07) is 21.8. The van der Waals surface area contributed by atoms with Crippen LogP contribution < -0.4 is 4.74 Å². The molecule has 152 valence electrons. The number of ether oxygens (including phenoxy) is 1. The lowest BCUT2D eigenvalue weighted by molar-refractivity contribution is 0.0787. The smallest absolute Gasteiger partial charge is 0.257 e. The highest BCUT2D eigenvalue weighted by Crippen LogP contribution is 2.27. The van der Waals surface area contributed by atoms with Crippen LogP contribution in [0.15, 0.2) is 78.3 Å². The van der Waals surface area contributed by atoms with Crippen molar-refractivity contribution in [2.75, 3.05) is 14.2 Å². The third-order valence-electron chi connectivity index (χ3n) is 4.84. The van der Waals surface area contributed by atoms with Gasteiger partial charge in [0.25, 0.3) is 5.91 Å². The van der Waals surface area contributed by atoms with Gasteiger partial charge < -0.3 is 9.64 Å². The predicted octanol–water partition coefficient (Wildman–Crippen LogP) is 4.94. The van der Waals surface area contributed by atoms with Gasteiger partial charge in [0.2, 0.25) is 0 Å². The van der Waals surface area contributed by atoms with Crippen molar-refractivity contribution in [3.63, 3.8) is 0 Å². The van der Waals surface area contributed by atoms with Gasteiger partial charge in [-0.1, -0.05) is 48.5 Å². The van der Waals surface area contributed by atoms with Crippen LogP contribution in [0.3, 0.4) is 0 Å². The SMILES string of the molecule is COc1cccc(-c2nn(Cc3ccccc3)cc2C(=O)N(C)Cc2cccs2)c1. The van der Waals surface area contributed by atoms with Gasteiger partial charge in [0.05, 0.1) is 25.8 Å². The molecule has 4 aromatic rings. The summed E-state index contributed by atoms with van der Waals surface area (Å²) >= 11 is 1.65. The maximum atomic E-state index is 13.3. The fourth-order valence-corrected chi connectivity index (χ4v) is 4.08. The average Bonchev–Trinajstić information content (AvgIpc) is 3.44. The van der Waals surface area contributed by atoms with Gasteiger partial charge in [-0.15, -0.1) is 11.3 Å². The number of amides is 1. The second kappa shape index (κ2) is 8.97. The minimum Gasteiger partial charge on any atom is -0.497 e. The van der Waals surface area contributed by atoms with Crippen LogP contribution in [0.5, 0.6) is 5.75 Å². The Hall–Kier alpha value is -3.38. The number of benzene rings is 2. The maximum absolute atomic E-state index is 13.3. The standard InChI is InChI=1S/C24H23N3O2S/c1-26(16-21-12-7-13-30-21)24(28)22-17-27(15-18-8-4-3-5-9-18)25-23(22)19-10-6-11-20(14-19)29-2/h3-14,17H,15-16H2,1-2H3. The fourth-order valence-electron chi connectivity index (χ4n) is 3.33. The van der Waals surface area contributed by atoms with Crippen LogP contribution >= 0.6 is 11.3 Å². The molecule has 0 N–H and O–H groups in total. The van der Waals surface area contributed by atoms with Crippen LogP contribution in [0, 0.1) is 0 Å². The van der Waals surface area contributed by atoms with Gasteiger partial charge >= 0.3 is 0 Å². The number of nitrogens with zero attached hydrogens (tertiary/aromatic N) is 3. The van der Waals surface area contributed by atoms with Gasteiger partial charge in [0, 0.05) is 23.7 Å². The van der Waals surface area contributed by atoms with E-state index >= 15 is 0 Å². The van der Waals surface area contributed by atoms with E-state index in [-0.39, 0.29) is 5.91 Å². The summed E-state index contributed by atoms with van der Waals surface area (Å²) in [5, 5.41) is 6.79. The molecule has 0 saturated heterocycles. The summed E-state index contributed by atoms with van der Waals surface area (Å²) in [4.78, 5) is 16.2. The minimum absolute atomic E-state index is 0.0551. The fraction of sp³-hybridized carbons (Fsp3) is 0.167. The molecule has 0 aliphatic rings. The van der Waals surface area contributed by atoms with Gasteiger partial charge in [-0.3, -0.25) is 9.48 Å². The molecule has 0 aliphatic carbocycles. The Balaban J connectivity index is 1.69. The van der Waals surface area contributed by atoms with Crippen molar-refractivity contribution in [1.29, 1.82) is 0 Å². The van der Waals surface area contributed by atoms with Crippen LogP contribution in [0.1, 0.15) is 20.8 Å². The van der Waals surface area contributed by atoms with Crippen LogP contribution in [0.4, 0.5) is 0 Å². The lowest BCUT2D eigenvalue weighted by atomic mass is 10.1. The van der Waals surface area contributed by atoms with E-state index < -0.39 is 0 Å². The maximum Gasteiger partial charge on any atom is 0.257 e. The zero-order valence-corrected chi connectivity index (χ0v) is 17.8. The molecule has 2 heterocycles. The predicted molar refractivity (Wildman–Crippen MR) is 120 cm³/mol. The van der Waals surface area contributed by atoms with Gasteiger partial charge in [0.15, 0.2) is 0 Å². The molecule has 0 aliphatic heterocycles. The molecule has 2 aromatic carbocycles. The lowest BCUT2D eigenvalue weighted by Crippen LogP contribution is -2.26. The topological polar surface area (TPSA) is 47.4 Å². The highest BCUT2D eigenvalue weighted by Gasteiger charge is 2.22. The molecule has 0 unspecified atom stereocenters. The van der Waals surface area contributed by atoms with Crippen molar-refractivity contribution in [2.45, 2.75) is 13.1 Å². The second-order valence-corrected chi connectivity index (χ2v) is 8.08. The van der Waals surface area contributed by atoms with Gasteiger partial charge in [-0.25, -0.2) is 0 Å². The summed E-state index contributed by atoms with van der Waals surface area (Å²) in [6.07, 6.45) is 1.84. The van der Waals surface area contributed by atoms with Crippen molar-refractivity contribution >= 4 is 17.2 Å². The van der Waals surface area contributed by atoms with Crippen LogP contribution in [0.2, 0.25) is 0 Å². The highest BCUT2D eigenvalue weighted by molar-refractivity contribution is 7.09. The molecule has 0 saturated carbocycles. The van der Waals surface area contributed by atoms with Gasteiger partial charge in [-0.2, -0.15) is 5.10 Å². The second-order valence-electron chi connectivity index (χ2n) is 7.05. The third kappa shape index (κ3) is 4.44. The van der Waals surface area contributed by atoms with Crippen molar-refractivity contribution in [3.8, 4) is 17.0 Å². The summed E-state index contributed by atoms with van der Waals surface area (Å²) in [7, 11) is 3.46. The highest BCUT2D eigenvalue weighted by atomic mass is 32.1. The normalized spacial score (nSPS) is 10.7. The zero-order chi connectivity index (χ0) is 20.9. The molecule has 1 amide bonds. The summed E-state index contributed by atoms with van der Waals surface area (Å²) in [6.45, 7) is 1.16. The number of thiophene rings is 1. The van der Waals surface area contributed by atoms with E-state index in [0.717, 1.165) is 21.8 Å². The minimum atomic E-state index is -0.0551. The van der Waals surface area contributed by atoms with E-state index in [1.807, 2.05) is 77.9 Å². The monoisotopic (exact) mass is 417 g/mol. The van der Waals surface area contributed by atoms with Crippen LogP contribution in [-0.2, 0) is 13.1 Å². The Morgan fingerprint density at radius 2 is 1.93 bits per heavy atom. The molecule has 30 heavy (non-hydrogen) atoms. The first kappa shape index (κ1) is 19.9. The number of rotatable bonds is 7. The Morgan fingerprint density at radius 1 is 1.10 bits per heavy atom. The molecule has 0 radical (unpaired) electrons. The van der Waals surface area contributed by atoms with E-state index in [4.69, 9.17) is 9.84 Å². The number of carbonyl (C=O) groups is 1. The van der Waals surface area contributed by atoms with E-state index in [2.05, 4.69) is 12.1 Å². The van der Waals surface area contributed by atoms with Crippen LogP contribution in [-0.4, -0.2) is 34.7 Å². The number of hydrogen-bond donors (Lipinski definition) is 0. The molecular weight excluding hydrogens is 394 g/mol.